The predicted octanol–water partition coefficient (Wildman–Crippen LogP) is 3.13. The SMILES string of the molecule is Cc1ccc(-c2nn(C)c3cc(N)ccc23)cc1. The quantitative estimate of drug-likeness (QED) is 0.661. The number of benzene rings is 2. The van der Waals surface area contributed by atoms with E-state index in [4.69, 9.17) is 5.73 Å². The second-order valence-electron chi connectivity index (χ2n) is 4.61. The Morgan fingerprint density at radius 2 is 1.78 bits per heavy atom. The van der Waals surface area contributed by atoms with Crippen LogP contribution in [0.4, 0.5) is 5.69 Å². The molecule has 1 heterocycles. The lowest BCUT2D eigenvalue weighted by Crippen LogP contribution is -1.90. The molecule has 0 aliphatic carbocycles. The zero-order chi connectivity index (χ0) is 12.7. The van der Waals surface area contributed by atoms with E-state index < -0.39 is 0 Å². The van der Waals surface area contributed by atoms with Crippen molar-refractivity contribution < 1.29 is 0 Å². The van der Waals surface area contributed by atoms with Gasteiger partial charge in [-0.25, -0.2) is 0 Å². The molecule has 3 aromatic rings. The molecule has 0 aliphatic heterocycles. The van der Waals surface area contributed by atoms with E-state index in [0.29, 0.717) is 0 Å². The number of aryl methyl sites for hydroxylation is 2. The van der Waals surface area contributed by atoms with Gasteiger partial charge < -0.3 is 5.73 Å². The van der Waals surface area contributed by atoms with Crippen LogP contribution in [-0.4, -0.2) is 9.78 Å². The highest BCUT2D eigenvalue weighted by molar-refractivity contribution is 5.94. The summed E-state index contributed by atoms with van der Waals surface area (Å²) in [4.78, 5) is 0. The van der Waals surface area contributed by atoms with Crippen molar-refractivity contribution in [3.63, 3.8) is 0 Å². The van der Waals surface area contributed by atoms with Gasteiger partial charge in [-0.2, -0.15) is 5.10 Å². The summed E-state index contributed by atoms with van der Waals surface area (Å²) in [5.41, 5.74) is 11.0. The topological polar surface area (TPSA) is 43.8 Å². The van der Waals surface area contributed by atoms with E-state index in [0.717, 1.165) is 27.8 Å². The van der Waals surface area contributed by atoms with Crippen molar-refractivity contribution in [2.24, 2.45) is 7.05 Å². The molecule has 0 radical (unpaired) electrons. The molecule has 0 bridgehead atoms. The number of rotatable bonds is 1. The van der Waals surface area contributed by atoms with Crippen molar-refractivity contribution in [3.05, 3.63) is 48.0 Å². The summed E-state index contributed by atoms with van der Waals surface area (Å²) < 4.78 is 1.88. The molecule has 2 N–H and O–H groups in total. The molecule has 90 valence electrons. The lowest BCUT2D eigenvalue weighted by atomic mass is 10.1. The molecule has 0 spiro atoms. The van der Waals surface area contributed by atoms with E-state index in [1.165, 1.54) is 5.56 Å². The normalized spacial score (nSPS) is 11.0. The number of nitrogens with zero attached hydrogens (tertiary/aromatic N) is 2. The molecule has 0 saturated carbocycles. The minimum absolute atomic E-state index is 0.765. The van der Waals surface area contributed by atoms with Gasteiger partial charge in [-0.15, -0.1) is 0 Å². The van der Waals surface area contributed by atoms with E-state index in [2.05, 4.69) is 36.3 Å². The first kappa shape index (κ1) is 10.8. The van der Waals surface area contributed by atoms with Crippen LogP contribution in [0.2, 0.25) is 0 Å². The zero-order valence-electron chi connectivity index (χ0n) is 10.5. The number of nitrogens with two attached hydrogens (primary N) is 1. The Balaban J connectivity index is 2.26. The average molecular weight is 237 g/mol. The van der Waals surface area contributed by atoms with E-state index in [9.17, 15) is 0 Å². The van der Waals surface area contributed by atoms with Crippen LogP contribution in [0.5, 0.6) is 0 Å². The lowest BCUT2D eigenvalue weighted by molar-refractivity contribution is 0.801. The van der Waals surface area contributed by atoms with E-state index in [1.807, 2.05) is 29.9 Å². The van der Waals surface area contributed by atoms with Crippen molar-refractivity contribution in [3.8, 4) is 11.3 Å². The van der Waals surface area contributed by atoms with Crippen LogP contribution in [0.3, 0.4) is 0 Å². The van der Waals surface area contributed by atoms with Gasteiger partial charge in [-0.3, -0.25) is 4.68 Å². The van der Waals surface area contributed by atoms with Gasteiger partial charge in [0, 0.05) is 23.7 Å². The first-order chi connectivity index (χ1) is 8.65. The summed E-state index contributed by atoms with van der Waals surface area (Å²) >= 11 is 0. The third-order valence-electron chi connectivity index (χ3n) is 3.20. The second-order valence-corrected chi connectivity index (χ2v) is 4.61. The molecular formula is C15H15N3. The van der Waals surface area contributed by atoms with Crippen molar-refractivity contribution in [2.45, 2.75) is 6.92 Å². The molecule has 0 fully saturated rings. The zero-order valence-corrected chi connectivity index (χ0v) is 10.5. The molecule has 0 amide bonds. The van der Waals surface area contributed by atoms with Crippen molar-refractivity contribution >= 4 is 16.6 Å². The first-order valence-corrected chi connectivity index (χ1v) is 5.94. The van der Waals surface area contributed by atoms with Gasteiger partial charge in [0.05, 0.1) is 5.52 Å². The number of aromatic nitrogens is 2. The van der Waals surface area contributed by atoms with Crippen LogP contribution in [0.15, 0.2) is 42.5 Å². The highest BCUT2D eigenvalue weighted by Gasteiger charge is 2.10. The van der Waals surface area contributed by atoms with Gasteiger partial charge in [0.2, 0.25) is 0 Å². The molecule has 0 unspecified atom stereocenters. The lowest BCUT2D eigenvalue weighted by Gasteiger charge is -1.99. The molecule has 0 aliphatic rings. The van der Waals surface area contributed by atoms with Crippen LogP contribution in [-0.2, 0) is 7.05 Å². The van der Waals surface area contributed by atoms with Gasteiger partial charge in [-0.05, 0) is 25.1 Å². The van der Waals surface area contributed by atoms with Gasteiger partial charge in [0.15, 0.2) is 0 Å². The molecule has 3 heteroatoms. The summed E-state index contributed by atoms with van der Waals surface area (Å²) in [6, 6.07) is 14.3. The maximum Gasteiger partial charge on any atom is 0.100 e. The molecule has 3 rings (SSSR count). The van der Waals surface area contributed by atoms with E-state index >= 15 is 0 Å². The highest BCUT2D eigenvalue weighted by Crippen LogP contribution is 2.28. The molecule has 0 atom stereocenters. The van der Waals surface area contributed by atoms with Crippen LogP contribution >= 0.6 is 0 Å². The molecular weight excluding hydrogens is 222 g/mol. The van der Waals surface area contributed by atoms with Crippen molar-refractivity contribution in [2.75, 3.05) is 5.73 Å². The minimum atomic E-state index is 0.765. The van der Waals surface area contributed by atoms with Crippen LogP contribution in [0.25, 0.3) is 22.2 Å². The standard InChI is InChI=1S/C15H15N3/c1-10-3-5-11(6-4-10)15-13-8-7-12(16)9-14(13)18(2)17-15/h3-9H,16H2,1-2H3. The number of hydrogen-bond donors (Lipinski definition) is 1. The van der Waals surface area contributed by atoms with Gasteiger partial charge >= 0.3 is 0 Å². The third-order valence-corrected chi connectivity index (χ3v) is 3.20. The fourth-order valence-corrected chi connectivity index (χ4v) is 2.20. The molecule has 0 saturated heterocycles. The predicted molar refractivity (Wildman–Crippen MR) is 75.3 cm³/mol. The second kappa shape index (κ2) is 3.88. The molecule has 18 heavy (non-hydrogen) atoms. The van der Waals surface area contributed by atoms with Crippen LogP contribution in [0.1, 0.15) is 5.56 Å². The number of fused-ring (bicyclic) bond motifs is 1. The summed E-state index contributed by atoms with van der Waals surface area (Å²) in [5.74, 6) is 0. The van der Waals surface area contributed by atoms with Crippen LogP contribution in [0, 0.1) is 6.92 Å². The van der Waals surface area contributed by atoms with E-state index in [1.54, 1.807) is 0 Å². The van der Waals surface area contributed by atoms with Gasteiger partial charge in [-0.1, -0.05) is 29.8 Å². The monoisotopic (exact) mass is 237 g/mol. The molecule has 1 aromatic heterocycles. The fraction of sp³-hybridized carbons (Fsp3) is 0.133. The Kier molecular flexibility index (Phi) is 2.33. The van der Waals surface area contributed by atoms with Crippen LogP contribution < -0.4 is 5.73 Å². The Labute approximate surface area is 106 Å². The Hall–Kier alpha value is -2.29. The van der Waals surface area contributed by atoms with Crippen molar-refractivity contribution in [1.82, 2.24) is 9.78 Å². The Morgan fingerprint density at radius 3 is 2.50 bits per heavy atom. The first-order valence-electron chi connectivity index (χ1n) is 5.94. The van der Waals surface area contributed by atoms with Gasteiger partial charge in [0.25, 0.3) is 0 Å². The third kappa shape index (κ3) is 1.64. The van der Waals surface area contributed by atoms with Gasteiger partial charge in [0.1, 0.15) is 5.69 Å². The summed E-state index contributed by atoms with van der Waals surface area (Å²) in [5, 5.41) is 5.73. The summed E-state index contributed by atoms with van der Waals surface area (Å²) in [6.07, 6.45) is 0. The highest BCUT2D eigenvalue weighted by atomic mass is 15.3. The molecule has 3 nitrogen and oxygen atoms in total. The smallest absolute Gasteiger partial charge is 0.100 e. The fourth-order valence-electron chi connectivity index (χ4n) is 2.20. The number of anilines is 1. The number of hydrogen-bond acceptors (Lipinski definition) is 2. The Bertz CT molecular complexity index is 708. The van der Waals surface area contributed by atoms with E-state index in [-0.39, 0.29) is 0 Å². The number of nitrogen functional groups attached to an aromatic ring is 1. The minimum Gasteiger partial charge on any atom is -0.399 e. The maximum absolute atomic E-state index is 5.82. The molecule has 2 aromatic carbocycles. The van der Waals surface area contributed by atoms with Crippen molar-refractivity contribution in [1.29, 1.82) is 0 Å². The Morgan fingerprint density at radius 1 is 1.06 bits per heavy atom. The summed E-state index contributed by atoms with van der Waals surface area (Å²) in [7, 11) is 1.94. The summed E-state index contributed by atoms with van der Waals surface area (Å²) in [6.45, 7) is 2.08. The maximum atomic E-state index is 5.82. The average Bonchev–Trinajstić information content (AvgIpc) is 2.68. The largest absolute Gasteiger partial charge is 0.399 e.